The zero-order chi connectivity index (χ0) is 19.4. The highest BCUT2D eigenvalue weighted by Gasteiger charge is 2.22. The Labute approximate surface area is 157 Å². The molecule has 3 nitrogen and oxygen atoms in total. The standard InChI is InChI=1S/C21H17BF2N2O/c1-13-10-15(8-9-25-13)21(26-27)12-19(14-2-4-16(22)5-3-14)18-7-6-17(23)11-20(18)24/h2-11,19,27H,12H2,1H3/b26-21+/t19-/m1/s1. The number of aryl methyl sites for hydroxylation is 1. The van der Waals surface area contributed by atoms with E-state index in [-0.39, 0.29) is 6.42 Å². The molecule has 0 unspecified atom stereocenters. The normalized spacial score (nSPS) is 12.8. The maximum absolute atomic E-state index is 14.5. The molecule has 27 heavy (non-hydrogen) atoms. The number of nitrogens with zero attached hydrogens (tertiary/aromatic N) is 2. The summed E-state index contributed by atoms with van der Waals surface area (Å²) in [5, 5.41) is 13.0. The van der Waals surface area contributed by atoms with Crippen molar-refractivity contribution < 1.29 is 14.0 Å². The van der Waals surface area contributed by atoms with Gasteiger partial charge in [0.1, 0.15) is 19.5 Å². The van der Waals surface area contributed by atoms with Crippen LogP contribution in [0.1, 0.15) is 34.7 Å². The van der Waals surface area contributed by atoms with Crippen LogP contribution < -0.4 is 5.46 Å². The molecule has 2 radical (unpaired) electrons. The molecule has 0 saturated heterocycles. The molecule has 0 saturated carbocycles. The van der Waals surface area contributed by atoms with Gasteiger partial charge in [-0.3, -0.25) is 4.98 Å². The van der Waals surface area contributed by atoms with Crippen LogP contribution in [0.4, 0.5) is 8.78 Å². The van der Waals surface area contributed by atoms with Gasteiger partial charge in [-0.1, -0.05) is 41.0 Å². The van der Waals surface area contributed by atoms with Crippen LogP contribution in [0.2, 0.25) is 0 Å². The van der Waals surface area contributed by atoms with Gasteiger partial charge in [-0.15, -0.1) is 0 Å². The Morgan fingerprint density at radius 3 is 2.48 bits per heavy atom. The second kappa shape index (κ2) is 8.12. The SMILES string of the molecule is [B]c1ccc([C@@H](C/C(=N\O)c2ccnc(C)c2)c2ccc(F)cc2F)cc1. The van der Waals surface area contributed by atoms with Crippen LogP contribution in [0, 0.1) is 18.6 Å². The van der Waals surface area contributed by atoms with E-state index in [4.69, 9.17) is 7.85 Å². The Kier molecular flexibility index (Phi) is 5.64. The molecule has 0 aliphatic heterocycles. The van der Waals surface area contributed by atoms with Crippen molar-refractivity contribution in [1.29, 1.82) is 0 Å². The Hall–Kier alpha value is -3.02. The van der Waals surface area contributed by atoms with Crippen LogP contribution in [-0.4, -0.2) is 23.7 Å². The molecule has 3 rings (SSSR count). The van der Waals surface area contributed by atoms with Crippen LogP contribution >= 0.6 is 0 Å². The van der Waals surface area contributed by atoms with Crippen molar-refractivity contribution >= 4 is 19.0 Å². The lowest BCUT2D eigenvalue weighted by molar-refractivity contribution is 0.317. The molecular weight excluding hydrogens is 345 g/mol. The monoisotopic (exact) mass is 362 g/mol. The predicted molar refractivity (Wildman–Crippen MR) is 102 cm³/mol. The van der Waals surface area contributed by atoms with E-state index in [2.05, 4.69) is 10.1 Å². The zero-order valence-electron chi connectivity index (χ0n) is 14.7. The van der Waals surface area contributed by atoms with Gasteiger partial charge in [0.05, 0.1) is 5.71 Å². The highest BCUT2D eigenvalue weighted by atomic mass is 19.1. The van der Waals surface area contributed by atoms with Gasteiger partial charge in [0, 0.05) is 35.9 Å². The summed E-state index contributed by atoms with van der Waals surface area (Å²) in [4.78, 5) is 4.13. The van der Waals surface area contributed by atoms with Crippen molar-refractivity contribution in [3.05, 3.63) is 94.8 Å². The molecule has 0 aliphatic carbocycles. The summed E-state index contributed by atoms with van der Waals surface area (Å²) in [6.07, 6.45) is 1.83. The highest BCUT2D eigenvalue weighted by Crippen LogP contribution is 2.31. The lowest BCUT2D eigenvalue weighted by Crippen LogP contribution is -2.13. The van der Waals surface area contributed by atoms with Crippen molar-refractivity contribution in [1.82, 2.24) is 4.98 Å². The number of pyridine rings is 1. The lowest BCUT2D eigenvalue weighted by Gasteiger charge is -2.20. The second-order valence-electron chi connectivity index (χ2n) is 6.32. The van der Waals surface area contributed by atoms with Crippen LogP contribution in [-0.2, 0) is 0 Å². The first-order valence-corrected chi connectivity index (χ1v) is 8.42. The Balaban J connectivity index is 2.05. The molecule has 134 valence electrons. The van der Waals surface area contributed by atoms with Gasteiger partial charge < -0.3 is 5.21 Å². The smallest absolute Gasteiger partial charge is 0.129 e. The first-order valence-electron chi connectivity index (χ1n) is 8.42. The fraction of sp³-hybridized carbons (Fsp3) is 0.143. The lowest BCUT2D eigenvalue weighted by atomic mass is 9.83. The number of rotatable bonds is 5. The van der Waals surface area contributed by atoms with Crippen molar-refractivity contribution in [2.24, 2.45) is 5.16 Å². The maximum Gasteiger partial charge on any atom is 0.129 e. The molecule has 1 atom stereocenters. The number of hydrogen-bond acceptors (Lipinski definition) is 3. The Morgan fingerprint density at radius 1 is 1.11 bits per heavy atom. The molecule has 1 N–H and O–H groups in total. The van der Waals surface area contributed by atoms with Crippen LogP contribution in [0.3, 0.4) is 0 Å². The van der Waals surface area contributed by atoms with Gasteiger partial charge in [-0.25, -0.2) is 8.78 Å². The van der Waals surface area contributed by atoms with E-state index in [1.54, 1.807) is 42.6 Å². The molecule has 2 aromatic carbocycles. The Morgan fingerprint density at radius 2 is 1.85 bits per heavy atom. The third-order valence-corrected chi connectivity index (χ3v) is 4.42. The van der Waals surface area contributed by atoms with E-state index in [0.29, 0.717) is 22.3 Å². The number of hydrogen-bond donors (Lipinski definition) is 1. The number of oxime groups is 1. The minimum atomic E-state index is -0.653. The van der Waals surface area contributed by atoms with E-state index in [1.807, 2.05) is 6.92 Å². The summed E-state index contributed by atoms with van der Waals surface area (Å²) in [7, 11) is 5.76. The second-order valence-corrected chi connectivity index (χ2v) is 6.32. The third-order valence-electron chi connectivity index (χ3n) is 4.42. The first-order chi connectivity index (χ1) is 13.0. The maximum atomic E-state index is 14.5. The van der Waals surface area contributed by atoms with Gasteiger partial charge in [-0.05, 0) is 36.2 Å². The van der Waals surface area contributed by atoms with Crippen LogP contribution in [0.15, 0.2) is 65.9 Å². The van der Waals surface area contributed by atoms with Gasteiger partial charge in [-0.2, -0.15) is 0 Å². The predicted octanol–water partition coefficient (Wildman–Crippen LogP) is 3.86. The highest BCUT2D eigenvalue weighted by molar-refractivity contribution is 6.32. The van der Waals surface area contributed by atoms with E-state index >= 15 is 0 Å². The fourth-order valence-corrected chi connectivity index (χ4v) is 3.05. The average molecular weight is 362 g/mol. The summed E-state index contributed by atoms with van der Waals surface area (Å²) in [5.41, 5.74) is 3.51. The summed E-state index contributed by atoms with van der Waals surface area (Å²) in [6.45, 7) is 1.83. The average Bonchev–Trinajstić information content (AvgIpc) is 2.64. The summed E-state index contributed by atoms with van der Waals surface area (Å²) < 4.78 is 27.9. The molecule has 3 aromatic rings. The first kappa shape index (κ1) is 18.8. The van der Waals surface area contributed by atoms with E-state index in [9.17, 15) is 14.0 Å². The summed E-state index contributed by atoms with van der Waals surface area (Å²) >= 11 is 0. The molecule has 1 aromatic heterocycles. The minimum absolute atomic E-state index is 0.215. The number of halogens is 2. The van der Waals surface area contributed by atoms with E-state index in [1.165, 1.54) is 12.1 Å². The van der Waals surface area contributed by atoms with Crippen molar-refractivity contribution in [2.75, 3.05) is 0 Å². The van der Waals surface area contributed by atoms with Gasteiger partial charge in [0.2, 0.25) is 0 Å². The number of benzene rings is 2. The van der Waals surface area contributed by atoms with Crippen molar-refractivity contribution in [3.8, 4) is 0 Å². The molecule has 0 amide bonds. The van der Waals surface area contributed by atoms with Crippen LogP contribution in [0.25, 0.3) is 0 Å². The van der Waals surface area contributed by atoms with Gasteiger partial charge >= 0.3 is 0 Å². The molecule has 6 heteroatoms. The quantitative estimate of drug-likeness (QED) is 0.324. The molecule has 0 bridgehead atoms. The minimum Gasteiger partial charge on any atom is -0.411 e. The van der Waals surface area contributed by atoms with Crippen LogP contribution in [0.5, 0.6) is 0 Å². The topological polar surface area (TPSA) is 45.5 Å². The van der Waals surface area contributed by atoms with E-state index in [0.717, 1.165) is 17.3 Å². The fourth-order valence-electron chi connectivity index (χ4n) is 3.05. The molecule has 1 heterocycles. The Bertz CT molecular complexity index is 974. The van der Waals surface area contributed by atoms with E-state index < -0.39 is 17.6 Å². The largest absolute Gasteiger partial charge is 0.411 e. The molecule has 0 aliphatic rings. The summed E-state index contributed by atoms with van der Waals surface area (Å²) in [5.74, 6) is -1.78. The summed E-state index contributed by atoms with van der Waals surface area (Å²) in [6, 6.07) is 14.0. The number of aromatic nitrogens is 1. The van der Waals surface area contributed by atoms with Gasteiger partial charge in [0.25, 0.3) is 0 Å². The van der Waals surface area contributed by atoms with Gasteiger partial charge in [0.15, 0.2) is 0 Å². The molecular formula is C21H17BF2N2O. The zero-order valence-corrected chi connectivity index (χ0v) is 14.7. The molecule has 0 fully saturated rings. The molecule has 0 spiro atoms. The third kappa shape index (κ3) is 4.40. The van der Waals surface area contributed by atoms with Crippen molar-refractivity contribution in [2.45, 2.75) is 19.3 Å². The van der Waals surface area contributed by atoms with Crippen molar-refractivity contribution in [3.63, 3.8) is 0 Å².